The Hall–Kier alpha value is -3.00. The minimum atomic E-state index is 0.0652. The molecular formula is C17H19N5O2S. The fraction of sp³-hybridized carbons (Fsp3) is 0.118. The van der Waals surface area contributed by atoms with Gasteiger partial charge in [0.25, 0.3) is 0 Å². The van der Waals surface area contributed by atoms with Crippen molar-refractivity contribution in [3.8, 4) is 11.5 Å². The van der Waals surface area contributed by atoms with Crippen molar-refractivity contribution in [1.82, 2.24) is 9.99 Å². The second-order valence-corrected chi connectivity index (χ2v) is 5.34. The van der Waals surface area contributed by atoms with Gasteiger partial charge in [-0.25, -0.2) is 5.01 Å². The molecule has 0 saturated carbocycles. The molecule has 25 heavy (non-hydrogen) atoms. The molecule has 7 nitrogen and oxygen atoms in total. The average molecular weight is 357 g/mol. The van der Waals surface area contributed by atoms with E-state index in [-0.39, 0.29) is 5.75 Å². The monoisotopic (exact) mass is 357 g/mol. The van der Waals surface area contributed by atoms with Gasteiger partial charge in [0.15, 0.2) is 17.3 Å². The van der Waals surface area contributed by atoms with Crippen molar-refractivity contribution in [3.63, 3.8) is 0 Å². The second kappa shape index (κ2) is 8.74. The molecular weight excluding hydrogens is 338 g/mol. The van der Waals surface area contributed by atoms with E-state index in [9.17, 15) is 5.11 Å². The number of aromatic nitrogens is 1. The van der Waals surface area contributed by atoms with Crippen molar-refractivity contribution in [2.24, 2.45) is 16.0 Å². The molecule has 0 amide bonds. The van der Waals surface area contributed by atoms with Crippen LogP contribution in [0.15, 0.2) is 64.5 Å². The van der Waals surface area contributed by atoms with Crippen LogP contribution in [-0.2, 0) is 0 Å². The van der Waals surface area contributed by atoms with E-state index in [1.54, 1.807) is 42.9 Å². The first-order valence-corrected chi connectivity index (χ1v) is 7.87. The molecule has 0 unspecified atom stereocenters. The molecule has 0 aliphatic carbocycles. The van der Waals surface area contributed by atoms with Crippen LogP contribution in [0, 0.1) is 0 Å². The first-order valence-electron chi connectivity index (χ1n) is 7.43. The number of phenolic OH excluding ortho intramolecular Hbond substituents is 1. The van der Waals surface area contributed by atoms with Crippen molar-refractivity contribution < 1.29 is 9.84 Å². The Labute approximate surface area is 151 Å². The lowest BCUT2D eigenvalue weighted by Crippen LogP contribution is -2.25. The van der Waals surface area contributed by atoms with Crippen LogP contribution in [0.25, 0.3) is 0 Å². The van der Waals surface area contributed by atoms with E-state index in [2.05, 4.69) is 34.4 Å². The molecule has 2 rings (SSSR count). The number of pyridine rings is 1. The molecule has 0 spiro atoms. The van der Waals surface area contributed by atoms with E-state index in [0.29, 0.717) is 34.3 Å². The molecule has 8 heteroatoms. The third kappa shape index (κ3) is 4.74. The smallest absolute Gasteiger partial charge is 0.181 e. The van der Waals surface area contributed by atoms with E-state index in [4.69, 9.17) is 10.6 Å². The number of hydrogen-bond acceptors (Lipinski definition) is 7. The first kappa shape index (κ1) is 18.3. The maximum atomic E-state index is 9.76. The highest BCUT2D eigenvalue weighted by atomic mass is 32.1. The van der Waals surface area contributed by atoms with Gasteiger partial charge in [-0.05, 0) is 42.8 Å². The molecule has 3 N–H and O–H groups in total. The fourth-order valence-corrected chi connectivity index (χ4v) is 2.15. The summed E-state index contributed by atoms with van der Waals surface area (Å²) in [6.45, 7) is 6.07. The normalized spacial score (nSPS) is 11.5. The van der Waals surface area contributed by atoms with Gasteiger partial charge in [0.1, 0.15) is 0 Å². The minimum Gasteiger partial charge on any atom is -0.504 e. The molecule has 0 bridgehead atoms. The summed E-state index contributed by atoms with van der Waals surface area (Å²) in [5.74, 6) is 6.33. The van der Waals surface area contributed by atoms with Gasteiger partial charge in [-0.15, -0.1) is 12.6 Å². The highest BCUT2D eigenvalue weighted by Crippen LogP contribution is 2.26. The Kier molecular flexibility index (Phi) is 6.41. The summed E-state index contributed by atoms with van der Waals surface area (Å²) in [5, 5.41) is 19.6. The topological polar surface area (TPSA) is 96.3 Å². The number of phenols is 1. The predicted octanol–water partition coefficient (Wildman–Crippen LogP) is 2.54. The van der Waals surface area contributed by atoms with Gasteiger partial charge in [0, 0.05) is 18.0 Å². The Morgan fingerprint density at radius 3 is 2.72 bits per heavy atom. The number of hydrazone groups is 2. The molecule has 1 aromatic heterocycles. The Morgan fingerprint density at radius 2 is 2.12 bits per heavy atom. The quantitative estimate of drug-likeness (QED) is 0.243. The number of rotatable bonds is 6. The molecule has 130 valence electrons. The summed E-state index contributed by atoms with van der Waals surface area (Å²) in [6, 6.07) is 8.41. The van der Waals surface area contributed by atoms with Crippen LogP contribution in [-0.4, -0.2) is 33.8 Å². The number of aromatic hydroxyl groups is 1. The molecule has 1 heterocycles. The zero-order valence-electron chi connectivity index (χ0n) is 13.7. The molecule has 0 radical (unpaired) electrons. The summed E-state index contributed by atoms with van der Waals surface area (Å²) in [5.41, 5.74) is 1.43. The van der Waals surface area contributed by atoms with Gasteiger partial charge in [-0.1, -0.05) is 6.58 Å². The van der Waals surface area contributed by atoms with Crippen LogP contribution >= 0.6 is 12.6 Å². The zero-order chi connectivity index (χ0) is 18.2. The minimum absolute atomic E-state index is 0.0652. The Morgan fingerprint density at radius 1 is 1.40 bits per heavy atom. The summed E-state index contributed by atoms with van der Waals surface area (Å²) in [6.07, 6.45) is 4.81. The second-order valence-electron chi connectivity index (χ2n) is 4.82. The average Bonchev–Trinajstić information content (AvgIpc) is 2.61. The van der Waals surface area contributed by atoms with Crippen LogP contribution in [0.1, 0.15) is 18.1 Å². The van der Waals surface area contributed by atoms with E-state index in [1.807, 2.05) is 6.92 Å². The van der Waals surface area contributed by atoms with Crippen LogP contribution < -0.4 is 10.6 Å². The summed E-state index contributed by atoms with van der Waals surface area (Å²) < 4.78 is 5.36. The van der Waals surface area contributed by atoms with Crippen molar-refractivity contribution in [2.45, 2.75) is 6.92 Å². The highest BCUT2D eigenvalue weighted by molar-refractivity contribution is 7.84. The van der Waals surface area contributed by atoms with E-state index in [0.717, 1.165) is 0 Å². The van der Waals surface area contributed by atoms with Gasteiger partial charge in [-0.3, -0.25) is 4.98 Å². The van der Waals surface area contributed by atoms with Crippen molar-refractivity contribution in [3.05, 3.63) is 65.5 Å². The van der Waals surface area contributed by atoms with Crippen LogP contribution in [0.5, 0.6) is 11.5 Å². The summed E-state index contributed by atoms with van der Waals surface area (Å²) in [4.78, 5) is 3.96. The van der Waals surface area contributed by atoms with E-state index < -0.39 is 0 Å². The maximum Gasteiger partial charge on any atom is 0.181 e. The maximum absolute atomic E-state index is 9.76. The fourth-order valence-electron chi connectivity index (χ4n) is 2.00. The predicted molar refractivity (Wildman–Crippen MR) is 102 cm³/mol. The zero-order valence-corrected chi connectivity index (χ0v) is 14.6. The van der Waals surface area contributed by atoms with Crippen LogP contribution in [0.4, 0.5) is 0 Å². The summed E-state index contributed by atoms with van der Waals surface area (Å²) >= 11 is 4.25. The SMILES string of the molecule is C=C(S)N(/N=C/c1ccc(O)c(OCC)c1)/C(=N\N)c1ccncc1. The number of amidine groups is 1. The van der Waals surface area contributed by atoms with Crippen molar-refractivity contribution >= 4 is 24.7 Å². The number of hydrogen-bond donors (Lipinski definition) is 3. The number of benzene rings is 1. The van der Waals surface area contributed by atoms with Crippen molar-refractivity contribution in [2.75, 3.05) is 6.61 Å². The molecule has 0 atom stereocenters. The molecule has 1 aromatic carbocycles. The van der Waals surface area contributed by atoms with Gasteiger partial charge in [-0.2, -0.15) is 10.2 Å². The lowest BCUT2D eigenvalue weighted by molar-refractivity contribution is 0.318. The molecule has 0 aliphatic rings. The molecule has 0 fully saturated rings. The number of nitrogens with two attached hydrogens (primary N) is 1. The van der Waals surface area contributed by atoms with Crippen LogP contribution in [0.2, 0.25) is 0 Å². The third-order valence-corrected chi connectivity index (χ3v) is 3.30. The first-order chi connectivity index (χ1) is 12.1. The van der Waals surface area contributed by atoms with Crippen molar-refractivity contribution in [1.29, 1.82) is 0 Å². The third-order valence-electron chi connectivity index (χ3n) is 3.11. The molecule has 2 aromatic rings. The van der Waals surface area contributed by atoms with E-state index in [1.165, 1.54) is 11.1 Å². The standard InChI is InChI=1S/C17H19N5O2S/c1-3-24-16-10-13(4-5-15(16)23)11-20-22(12(2)25)17(21-18)14-6-8-19-9-7-14/h4-11,23,25H,2-3,18H2,1H3/b20-11+,21-17-. The van der Waals surface area contributed by atoms with Gasteiger partial charge in [0.2, 0.25) is 0 Å². The summed E-state index contributed by atoms with van der Waals surface area (Å²) in [7, 11) is 0. The lowest BCUT2D eigenvalue weighted by Gasteiger charge is -2.19. The Bertz CT molecular complexity index is 793. The van der Waals surface area contributed by atoms with Gasteiger partial charge < -0.3 is 15.7 Å². The number of ether oxygens (including phenoxy) is 1. The van der Waals surface area contributed by atoms with Crippen LogP contribution in [0.3, 0.4) is 0 Å². The van der Waals surface area contributed by atoms with Gasteiger partial charge in [0.05, 0.1) is 17.9 Å². The highest BCUT2D eigenvalue weighted by Gasteiger charge is 2.14. The molecule has 0 aliphatic heterocycles. The largest absolute Gasteiger partial charge is 0.504 e. The molecule has 0 saturated heterocycles. The van der Waals surface area contributed by atoms with Gasteiger partial charge >= 0.3 is 0 Å². The van der Waals surface area contributed by atoms with E-state index >= 15 is 0 Å². The number of thiol groups is 1. The Balaban J connectivity index is 2.32. The number of nitrogens with zero attached hydrogens (tertiary/aromatic N) is 4. The lowest BCUT2D eigenvalue weighted by atomic mass is 10.2.